The molecular weight excluding hydrogens is 250 g/mol. The number of nitrogens with zero attached hydrogens (tertiary/aromatic N) is 2. The third-order valence-electron chi connectivity index (χ3n) is 4.80. The molecule has 2 saturated heterocycles. The fourth-order valence-electron chi connectivity index (χ4n) is 3.62. The highest BCUT2D eigenvalue weighted by Gasteiger charge is 2.28. The Balaban J connectivity index is 1.67. The van der Waals surface area contributed by atoms with Gasteiger partial charge in [-0.2, -0.15) is 0 Å². The Morgan fingerprint density at radius 2 is 1.95 bits per heavy atom. The van der Waals surface area contributed by atoms with Gasteiger partial charge >= 0.3 is 0 Å². The van der Waals surface area contributed by atoms with Crippen LogP contribution in [0.15, 0.2) is 0 Å². The molecule has 2 fully saturated rings. The van der Waals surface area contributed by atoms with Crippen LogP contribution in [0.1, 0.15) is 33.1 Å². The topological polar surface area (TPSA) is 41.7 Å². The molecule has 2 rings (SSSR count). The molecule has 2 heterocycles. The summed E-state index contributed by atoms with van der Waals surface area (Å²) in [5.41, 5.74) is 5.91. The van der Waals surface area contributed by atoms with Gasteiger partial charge < -0.3 is 15.4 Å². The Labute approximate surface area is 124 Å². The zero-order valence-electron chi connectivity index (χ0n) is 13.4. The van der Waals surface area contributed by atoms with Crippen molar-refractivity contribution in [1.29, 1.82) is 0 Å². The van der Waals surface area contributed by atoms with E-state index in [9.17, 15) is 0 Å². The molecule has 0 bridgehead atoms. The number of hydrogen-bond acceptors (Lipinski definition) is 4. The SMILES string of the molecule is CC(C)CC(CN)CCN1CCC(N2CCOCC2)C1. The molecule has 0 aromatic rings. The number of likely N-dealkylation sites (tertiary alicyclic amines) is 1. The van der Waals surface area contributed by atoms with E-state index in [1.807, 2.05) is 0 Å². The Kier molecular flexibility index (Phi) is 6.75. The lowest BCUT2D eigenvalue weighted by molar-refractivity contribution is 0.0184. The molecule has 2 unspecified atom stereocenters. The van der Waals surface area contributed by atoms with Gasteiger partial charge in [0.1, 0.15) is 0 Å². The van der Waals surface area contributed by atoms with Crippen molar-refractivity contribution in [3.8, 4) is 0 Å². The van der Waals surface area contributed by atoms with Crippen LogP contribution in [0.5, 0.6) is 0 Å². The van der Waals surface area contributed by atoms with Crippen LogP contribution < -0.4 is 5.73 Å². The third-order valence-corrected chi connectivity index (χ3v) is 4.80. The number of morpholine rings is 1. The van der Waals surface area contributed by atoms with Crippen LogP contribution in [0.25, 0.3) is 0 Å². The number of nitrogens with two attached hydrogens (primary N) is 1. The molecule has 0 aromatic carbocycles. The van der Waals surface area contributed by atoms with Crippen molar-refractivity contribution in [2.45, 2.75) is 39.2 Å². The van der Waals surface area contributed by atoms with Crippen molar-refractivity contribution in [3.63, 3.8) is 0 Å². The zero-order chi connectivity index (χ0) is 14.4. The van der Waals surface area contributed by atoms with Gasteiger partial charge in [0, 0.05) is 25.7 Å². The van der Waals surface area contributed by atoms with Crippen molar-refractivity contribution in [2.75, 3.05) is 52.5 Å². The molecule has 0 aromatic heterocycles. The van der Waals surface area contributed by atoms with Gasteiger partial charge in [-0.15, -0.1) is 0 Å². The van der Waals surface area contributed by atoms with E-state index in [0.717, 1.165) is 44.8 Å². The third kappa shape index (κ3) is 4.99. The molecule has 2 aliphatic heterocycles. The highest BCUT2D eigenvalue weighted by molar-refractivity contribution is 4.84. The average Bonchev–Trinajstić information content (AvgIpc) is 2.93. The van der Waals surface area contributed by atoms with Gasteiger partial charge in [0.25, 0.3) is 0 Å². The molecule has 0 amide bonds. The molecule has 118 valence electrons. The Bertz CT molecular complexity index is 266. The molecule has 0 spiro atoms. The van der Waals surface area contributed by atoms with Crippen molar-refractivity contribution >= 4 is 0 Å². The van der Waals surface area contributed by atoms with E-state index in [0.29, 0.717) is 5.92 Å². The number of rotatable bonds is 7. The molecule has 2 aliphatic rings. The monoisotopic (exact) mass is 283 g/mol. The van der Waals surface area contributed by atoms with Gasteiger partial charge in [-0.25, -0.2) is 0 Å². The van der Waals surface area contributed by atoms with E-state index in [2.05, 4.69) is 23.6 Å². The Morgan fingerprint density at radius 3 is 2.60 bits per heavy atom. The second-order valence-corrected chi connectivity index (χ2v) is 6.91. The fraction of sp³-hybridized carbons (Fsp3) is 1.00. The minimum atomic E-state index is 0.706. The van der Waals surface area contributed by atoms with Crippen LogP contribution in [-0.4, -0.2) is 68.3 Å². The first-order valence-electron chi connectivity index (χ1n) is 8.43. The van der Waals surface area contributed by atoms with Gasteiger partial charge in [-0.1, -0.05) is 13.8 Å². The van der Waals surface area contributed by atoms with Crippen LogP contribution in [-0.2, 0) is 4.74 Å². The first kappa shape index (κ1) is 16.2. The first-order valence-corrected chi connectivity index (χ1v) is 8.43. The predicted octanol–water partition coefficient (Wildman–Crippen LogP) is 1.40. The normalized spacial score (nSPS) is 27.3. The lowest BCUT2D eigenvalue weighted by Gasteiger charge is -2.32. The summed E-state index contributed by atoms with van der Waals surface area (Å²) in [5.74, 6) is 1.47. The van der Waals surface area contributed by atoms with Gasteiger partial charge in [-0.05, 0) is 50.7 Å². The van der Waals surface area contributed by atoms with E-state index in [-0.39, 0.29) is 0 Å². The van der Waals surface area contributed by atoms with Gasteiger partial charge in [0.05, 0.1) is 13.2 Å². The maximum absolute atomic E-state index is 5.91. The van der Waals surface area contributed by atoms with Crippen molar-refractivity contribution in [3.05, 3.63) is 0 Å². The van der Waals surface area contributed by atoms with Gasteiger partial charge in [0.15, 0.2) is 0 Å². The average molecular weight is 283 g/mol. The highest BCUT2D eigenvalue weighted by atomic mass is 16.5. The minimum absolute atomic E-state index is 0.706. The summed E-state index contributed by atoms with van der Waals surface area (Å²) in [4.78, 5) is 5.27. The van der Waals surface area contributed by atoms with E-state index in [4.69, 9.17) is 10.5 Å². The summed E-state index contributed by atoms with van der Waals surface area (Å²) in [6.45, 7) is 13.3. The molecular formula is C16H33N3O. The summed E-state index contributed by atoms with van der Waals surface area (Å²) in [6, 6.07) is 0.764. The molecule has 2 N–H and O–H groups in total. The molecule has 0 saturated carbocycles. The summed E-state index contributed by atoms with van der Waals surface area (Å²) < 4.78 is 5.45. The van der Waals surface area contributed by atoms with Crippen LogP contribution in [0.3, 0.4) is 0 Å². The molecule has 2 atom stereocenters. The fourth-order valence-corrected chi connectivity index (χ4v) is 3.62. The highest BCUT2D eigenvalue weighted by Crippen LogP contribution is 2.20. The van der Waals surface area contributed by atoms with Crippen molar-refractivity contribution in [2.24, 2.45) is 17.6 Å². The van der Waals surface area contributed by atoms with Crippen molar-refractivity contribution in [1.82, 2.24) is 9.80 Å². The summed E-state index contributed by atoms with van der Waals surface area (Å²) in [5, 5.41) is 0. The second-order valence-electron chi connectivity index (χ2n) is 6.91. The largest absolute Gasteiger partial charge is 0.379 e. The Hall–Kier alpha value is -0.160. The maximum atomic E-state index is 5.91. The predicted molar refractivity (Wildman–Crippen MR) is 83.9 cm³/mol. The van der Waals surface area contributed by atoms with Crippen LogP contribution >= 0.6 is 0 Å². The molecule has 20 heavy (non-hydrogen) atoms. The minimum Gasteiger partial charge on any atom is -0.379 e. The van der Waals surface area contributed by atoms with Crippen molar-refractivity contribution < 1.29 is 4.74 Å². The Morgan fingerprint density at radius 1 is 1.20 bits per heavy atom. The molecule has 0 radical (unpaired) electrons. The van der Waals surface area contributed by atoms with E-state index in [1.165, 1.54) is 38.9 Å². The number of ether oxygens (including phenoxy) is 1. The molecule has 4 nitrogen and oxygen atoms in total. The maximum Gasteiger partial charge on any atom is 0.0594 e. The lowest BCUT2D eigenvalue weighted by atomic mass is 9.94. The first-order chi connectivity index (χ1) is 9.69. The van der Waals surface area contributed by atoms with E-state index >= 15 is 0 Å². The van der Waals surface area contributed by atoms with Crippen LogP contribution in [0, 0.1) is 11.8 Å². The van der Waals surface area contributed by atoms with Crippen LogP contribution in [0.4, 0.5) is 0 Å². The second kappa shape index (κ2) is 8.32. The summed E-state index contributed by atoms with van der Waals surface area (Å²) in [7, 11) is 0. The van der Waals surface area contributed by atoms with Gasteiger partial charge in [-0.3, -0.25) is 4.90 Å². The van der Waals surface area contributed by atoms with Gasteiger partial charge in [0.2, 0.25) is 0 Å². The molecule has 4 heteroatoms. The number of hydrogen-bond donors (Lipinski definition) is 1. The quantitative estimate of drug-likeness (QED) is 0.767. The zero-order valence-corrected chi connectivity index (χ0v) is 13.4. The summed E-state index contributed by atoms with van der Waals surface area (Å²) in [6.07, 6.45) is 3.87. The van der Waals surface area contributed by atoms with E-state index < -0.39 is 0 Å². The molecule has 0 aliphatic carbocycles. The standard InChI is InChI=1S/C16H33N3O/c1-14(2)11-15(12-17)3-5-18-6-4-16(13-18)19-7-9-20-10-8-19/h14-16H,3-13,17H2,1-2H3. The van der Waals surface area contributed by atoms with Crippen LogP contribution in [0.2, 0.25) is 0 Å². The lowest BCUT2D eigenvalue weighted by Crippen LogP contribution is -2.44. The smallest absolute Gasteiger partial charge is 0.0594 e. The van der Waals surface area contributed by atoms with E-state index in [1.54, 1.807) is 0 Å². The summed E-state index contributed by atoms with van der Waals surface area (Å²) >= 11 is 0.